The SMILES string of the molecule is COCC(CCO)NS(=O)(=O)c1cc(N)cs1. The van der Waals surface area contributed by atoms with Gasteiger partial charge in [-0.15, -0.1) is 11.3 Å². The number of aliphatic hydroxyl groups excluding tert-OH is 1. The van der Waals surface area contributed by atoms with Crippen molar-refractivity contribution in [3.63, 3.8) is 0 Å². The lowest BCUT2D eigenvalue weighted by Gasteiger charge is -2.15. The summed E-state index contributed by atoms with van der Waals surface area (Å²) in [5, 5.41) is 10.4. The second-order valence-corrected chi connectivity index (χ2v) is 6.34. The number of hydrogen-bond acceptors (Lipinski definition) is 6. The minimum absolute atomic E-state index is 0.108. The number of nitrogens with one attached hydrogen (secondary N) is 1. The van der Waals surface area contributed by atoms with Crippen LogP contribution in [0.4, 0.5) is 5.69 Å². The second kappa shape index (κ2) is 6.31. The molecule has 8 heteroatoms. The Morgan fingerprint density at radius 1 is 1.65 bits per heavy atom. The predicted octanol–water partition coefficient (Wildman–Crippen LogP) is 0.00600. The van der Waals surface area contributed by atoms with Gasteiger partial charge in [0.05, 0.1) is 6.61 Å². The van der Waals surface area contributed by atoms with Crippen LogP contribution in [0.1, 0.15) is 6.42 Å². The first-order valence-electron chi connectivity index (χ1n) is 4.95. The van der Waals surface area contributed by atoms with Crippen molar-refractivity contribution in [3.8, 4) is 0 Å². The molecule has 0 fully saturated rings. The van der Waals surface area contributed by atoms with Gasteiger partial charge in [0.15, 0.2) is 0 Å². The second-order valence-electron chi connectivity index (χ2n) is 3.48. The molecule has 17 heavy (non-hydrogen) atoms. The fourth-order valence-electron chi connectivity index (χ4n) is 1.28. The summed E-state index contributed by atoms with van der Waals surface area (Å²) in [7, 11) is -2.11. The monoisotopic (exact) mass is 280 g/mol. The van der Waals surface area contributed by atoms with Gasteiger partial charge < -0.3 is 15.6 Å². The molecule has 0 aliphatic heterocycles. The number of sulfonamides is 1. The molecule has 1 aromatic heterocycles. The average Bonchev–Trinajstić information content (AvgIpc) is 2.66. The summed E-state index contributed by atoms with van der Waals surface area (Å²) in [6, 6.07) is 0.953. The smallest absolute Gasteiger partial charge is 0.250 e. The summed E-state index contributed by atoms with van der Waals surface area (Å²) in [6.45, 7) is 0.101. The van der Waals surface area contributed by atoms with E-state index in [1.54, 1.807) is 5.38 Å². The van der Waals surface area contributed by atoms with Gasteiger partial charge in [-0.05, 0) is 12.5 Å². The van der Waals surface area contributed by atoms with E-state index in [4.69, 9.17) is 15.6 Å². The first kappa shape index (κ1) is 14.4. The van der Waals surface area contributed by atoms with Gasteiger partial charge >= 0.3 is 0 Å². The van der Waals surface area contributed by atoms with Crippen molar-refractivity contribution >= 4 is 27.0 Å². The van der Waals surface area contributed by atoms with Gasteiger partial charge in [-0.1, -0.05) is 0 Å². The van der Waals surface area contributed by atoms with Crippen LogP contribution in [0.25, 0.3) is 0 Å². The predicted molar refractivity (Wildman–Crippen MR) is 66.4 cm³/mol. The molecule has 1 unspecified atom stereocenters. The molecule has 0 aliphatic rings. The van der Waals surface area contributed by atoms with Crippen LogP contribution in [0.2, 0.25) is 0 Å². The Hall–Kier alpha value is -0.670. The van der Waals surface area contributed by atoms with E-state index >= 15 is 0 Å². The highest BCUT2D eigenvalue weighted by Crippen LogP contribution is 2.21. The number of aliphatic hydroxyl groups is 1. The van der Waals surface area contributed by atoms with Gasteiger partial charge in [-0.25, -0.2) is 13.1 Å². The van der Waals surface area contributed by atoms with Gasteiger partial charge in [-0.3, -0.25) is 0 Å². The van der Waals surface area contributed by atoms with Gasteiger partial charge in [0.25, 0.3) is 0 Å². The number of ether oxygens (including phenoxy) is 1. The molecule has 0 aromatic carbocycles. The van der Waals surface area contributed by atoms with Crippen LogP contribution >= 0.6 is 11.3 Å². The lowest BCUT2D eigenvalue weighted by Crippen LogP contribution is -2.38. The van der Waals surface area contributed by atoms with Gasteiger partial charge in [0, 0.05) is 30.8 Å². The molecule has 0 aliphatic carbocycles. The molecule has 1 aromatic rings. The van der Waals surface area contributed by atoms with Crippen LogP contribution in [-0.4, -0.2) is 39.9 Å². The molecule has 4 N–H and O–H groups in total. The zero-order chi connectivity index (χ0) is 12.9. The van der Waals surface area contributed by atoms with E-state index in [-0.39, 0.29) is 17.4 Å². The molecule has 6 nitrogen and oxygen atoms in total. The highest BCUT2D eigenvalue weighted by atomic mass is 32.2. The van der Waals surface area contributed by atoms with Crippen LogP contribution in [0, 0.1) is 0 Å². The number of rotatable bonds is 7. The molecule has 0 spiro atoms. The van der Waals surface area contributed by atoms with E-state index in [2.05, 4.69) is 4.72 Å². The molecule has 1 rings (SSSR count). The summed E-state index contributed by atoms with van der Waals surface area (Å²) in [6.07, 6.45) is 0.300. The number of hydrogen-bond donors (Lipinski definition) is 3. The molecular formula is C9H16N2O4S2. The van der Waals surface area contributed by atoms with Crippen molar-refractivity contribution in [2.75, 3.05) is 26.1 Å². The topological polar surface area (TPSA) is 102 Å². The van der Waals surface area contributed by atoms with E-state index in [9.17, 15) is 8.42 Å². The lowest BCUT2D eigenvalue weighted by molar-refractivity contribution is 0.158. The van der Waals surface area contributed by atoms with E-state index < -0.39 is 16.1 Å². The highest BCUT2D eigenvalue weighted by Gasteiger charge is 2.21. The Morgan fingerprint density at radius 2 is 2.35 bits per heavy atom. The number of methoxy groups -OCH3 is 1. The van der Waals surface area contributed by atoms with Gasteiger partial charge in [0.1, 0.15) is 4.21 Å². The summed E-state index contributed by atoms with van der Waals surface area (Å²) in [4.78, 5) is 0. The molecule has 0 radical (unpaired) electrons. The molecule has 0 bridgehead atoms. The van der Waals surface area contributed by atoms with Crippen LogP contribution < -0.4 is 10.5 Å². The van der Waals surface area contributed by atoms with Crippen molar-refractivity contribution in [1.29, 1.82) is 0 Å². The third-order valence-corrected chi connectivity index (χ3v) is 5.01. The fourth-order valence-corrected chi connectivity index (χ4v) is 3.63. The lowest BCUT2D eigenvalue weighted by atomic mass is 10.2. The Morgan fingerprint density at radius 3 is 2.82 bits per heavy atom. The Bertz CT molecular complexity index is 438. The zero-order valence-electron chi connectivity index (χ0n) is 9.42. The number of thiophene rings is 1. The summed E-state index contributed by atoms with van der Waals surface area (Å²) in [5.41, 5.74) is 5.89. The molecule has 98 valence electrons. The summed E-state index contributed by atoms with van der Waals surface area (Å²) < 4.78 is 31.3. The van der Waals surface area contributed by atoms with E-state index in [0.29, 0.717) is 12.1 Å². The molecule has 0 amide bonds. The first-order valence-corrected chi connectivity index (χ1v) is 7.32. The zero-order valence-corrected chi connectivity index (χ0v) is 11.1. The van der Waals surface area contributed by atoms with Crippen molar-refractivity contribution in [2.24, 2.45) is 0 Å². The van der Waals surface area contributed by atoms with Crippen molar-refractivity contribution < 1.29 is 18.3 Å². The van der Waals surface area contributed by atoms with Crippen LogP contribution in [0.3, 0.4) is 0 Å². The molecule has 1 heterocycles. The minimum atomic E-state index is -3.59. The van der Waals surface area contributed by atoms with Crippen LogP contribution in [0.5, 0.6) is 0 Å². The van der Waals surface area contributed by atoms with Crippen molar-refractivity contribution in [2.45, 2.75) is 16.7 Å². The van der Waals surface area contributed by atoms with Crippen molar-refractivity contribution in [1.82, 2.24) is 4.72 Å². The van der Waals surface area contributed by atoms with Gasteiger partial charge in [-0.2, -0.15) is 0 Å². The molecular weight excluding hydrogens is 264 g/mol. The first-order chi connectivity index (χ1) is 7.99. The largest absolute Gasteiger partial charge is 0.398 e. The summed E-state index contributed by atoms with van der Waals surface area (Å²) in [5.74, 6) is 0. The summed E-state index contributed by atoms with van der Waals surface area (Å²) >= 11 is 1.06. The van der Waals surface area contributed by atoms with Gasteiger partial charge in [0.2, 0.25) is 10.0 Å². The quantitative estimate of drug-likeness (QED) is 0.653. The standard InChI is InChI=1S/C9H16N2O4S2/c1-15-5-8(2-3-12)11-17(13,14)9-4-7(10)6-16-9/h4,6,8,11-12H,2-3,5,10H2,1H3. The Balaban J connectivity index is 2.77. The third-order valence-electron chi connectivity index (χ3n) is 2.03. The molecule has 0 saturated heterocycles. The van der Waals surface area contributed by atoms with Crippen LogP contribution in [0.15, 0.2) is 15.7 Å². The average molecular weight is 280 g/mol. The van der Waals surface area contributed by atoms with E-state index in [1.165, 1.54) is 13.2 Å². The molecule has 0 saturated carbocycles. The fraction of sp³-hybridized carbons (Fsp3) is 0.556. The number of nitrogens with two attached hydrogens (primary N) is 1. The Labute approximate surface area is 104 Å². The maximum Gasteiger partial charge on any atom is 0.250 e. The number of anilines is 1. The van der Waals surface area contributed by atoms with E-state index in [1.807, 2.05) is 0 Å². The Kier molecular flexibility index (Phi) is 5.34. The molecule has 1 atom stereocenters. The van der Waals surface area contributed by atoms with Crippen LogP contribution in [-0.2, 0) is 14.8 Å². The normalized spacial score (nSPS) is 13.8. The third kappa shape index (κ3) is 4.25. The highest BCUT2D eigenvalue weighted by molar-refractivity contribution is 7.91. The maximum absolute atomic E-state index is 11.9. The maximum atomic E-state index is 11.9. The van der Waals surface area contributed by atoms with Crippen molar-refractivity contribution in [3.05, 3.63) is 11.4 Å². The number of nitrogen functional groups attached to an aromatic ring is 1. The minimum Gasteiger partial charge on any atom is -0.398 e. The van der Waals surface area contributed by atoms with E-state index in [0.717, 1.165) is 11.3 Å².